The summed E-state index contributed by atoms with van der Waals surface area (Å²) in [4.78, 5) is 45.2. The van der Waals surface area contributed by atoms with Crippen LogP contribution in [0, 0.1) is 5.92 Å². The van der Waals surface area contributed by atoms with Gasteiger partial charge in [-0.15, -0.1) is 0 Å². The summed E-state index contributed by atoms with van der Waals surface area (Å²) in [6.07, 6.45) is 2.94. The number of rotatable bonds is 9. The third-order valence-corrected chi connectivity index (χ3v) is 4.12. The van der Waals surface area contributed by atoms with Crippen LogP contribution in [0.5, 0.6) is 0 Å². The van der Waals surface area contributed by atoms with Crippen molar-refractivity contribution in [2.24, 2.45) is 5.92 Å². The lowest BCUT2D eigenvalue weighted by molar-refractivity contribution is -0.137. The zero-order chi connectivity index (χ0) is 18.2. The lowest BCUT2D eigenvalue weighted by atomic mass is 9.97. The quantitative estimate of drug-likeness (QED) is 0.460. The van der Waals surface area contributed by atoms with E-state index in [0.29, 0.717) is 24.9 Å². The van der Waals surface area contributed by atoms with Crippen LogP contribution in [0.15, 0.2) is 24.3 Å². The Hall–Kier alpha value is -2.70. The summed E-state index contributed by atoms with van der Waals surface area (Å²) in [5.41, 5.74) is 1.43. The van der Waals surface area contributed by atoms with E-state index in [9.17, 15) is 19.2 Å². The molecule has 1 aliphatic rings. The van der Waals surface area contributed by atoms with Crippen molar-refractivity contribution in [3.8, 4) is 0 Å². The van der Waals surface area contributed by atoms with Crippen molar-refractivity contribution in [3.63, 3.8) is 0 Å². The molecule has 3 N–H and O–H groups in total. The minimum Gasteiger partial charge on any atom is -0.481 e. The van der Waals surface area contributed by atoms with Crippen molar-refractivity contribution < 1.29 is 24.3 Å². The SMILES string of the molecule is O=C(O)CCCCCNC(=O)c1ccc(CC2CC(=O)NC2=O)cc1. The average molecular weight is 346 g/mol. The van der Waals surface area contributed by atoms with Crippen LogP contribution in [-0.4, -0.2) is 35.3 Å². The molecule has 7 nitrogen and oxygen atoms in total. The van der Waals surface area contributed by atoms with Crippen LogP contribution in [0.3, 0.4) is 0 Å². The Balaban J connectivity index is 1.73. The Labute approximate surface area is 145 Å². The molecule has 25 heavy (non-hydrogen) atoms. The smallest absolute Gasteiger partial charge is 0.303 e. The van der Waals surface area contributed by atoms with Gasteiger partial charge in [0.1, 0.15) is 0 Å². The molecule has 1 fully saturated rings. The molecule has 1 heterocycles. The van der Waals surface area contributed by atoms with E-state index in [0.717, 1.165) is 18.4 Å². The molecule has 7 heteroatoms. The molecule has 1 aromatic rings. The topological polar surface area (TPSA) is 113 Å². The fourth-order valence-electron chi connectivity index (χ4n) is 2.73. The van der Waals surface area contributed by atoms with Crippen molar-refractivity contribution in [1.29, 1.82) is 0 Å². The van der Waals surface area contributed by atoms with Crippen LogP contribution in [0.25, 0.3) is 0 Å². The minimum atomic E-state index is -0.802. The van der Waals surface area contributed by atoms with Gasteiger partial charge in [-0.2, -0.15) is 0 Å². The maximum Gasteiger partial charge on any atom is 0.303 e. The number of benzene rings is 1. The summed E-state index contributed by atoms with van der Waals surface area (Å²) in [5.74, 6) is -1.80. The lowest BCUT2D eigenvalue weighted by Gasteiger charge is -2.08. The average Bonchev–Trinajstić information content (AvgIpc) is 2.88. The highest BCUT2D eigenvalue weighted by Crippen LogP contribution is 2.17. The van der Waals surface area contributed by atoms with Crippen molar-refractivity contribution >= 4 is 23.7 Å². The summed E-state index contributed by atoms with van der Waals surface area (Å²) < 4.78 is 0. The molecule has 0 aliphatic carbocycles. The van der Waals surface area contributed by atoms with Crippen LogP contribution in [0.1, 0.15) is 48.0 Å². The lowest BCUT2D eigenvalue weighted by Crippen LogP contribution is -2.24. The largest absolute Gasteiger partial charge is 0.481 e. The third kappa shape index (κ3) is 6.02. The molecule has 0 bridgehead atoms. The summed E-state index contributed by atoms with van der Waals surface area (Å²) in [5, 5.41) is 13.6. The molecule has 0 spiro atoms. The van der Waals surface area contributed by atoms with Crippen molar-refractivity contribution in [1.82, 2.24) is 10.6 Å². The van der Waals surface area contributed by atoms with Crippen molar-refractivity contribution in [2.75, 3.05) is 6.54 Å². The second kappa shape index (κ2) is 8.96. The number of aliphatic carboxylic acids is 1. The molecule has 0 aromatic heterocycles. The van der Waals surface area contributed by atoms with Gasteiger partial charge in [0, 0.05) is 24.9 Å². The Morgan fingerprint density at radius 3 is 2.44 bits per heavy atom. The van der Waals surface area contributed by atoms with Crippen molar-refractivity contribution in [3.05, 3.63) is 35.4 Å². The first-order valence-corrected chi connectivity index (χ1v) is 8.38. The molecule has 1 unspecified atom stereocenters. The summed E-state index contributed by atoms with van der Waals surface area (Å²) >= 11 is 0. The van der Waals surface area contributed by atoms with Gasteiger partial charge in [-0.25, -0.2) is 0 Å². The molecule has 134 valence electrons. The van der Waals surface area contributed by atoms with Crippen LogP contribution in [0.4, 0.5) is 0 Å². The Bertz CT molecular complexity index is 654. The predicted molar refractivity (Wildman–Crippen MR) is 89.8 cm³/mol. The van der Waals surface area contributed by atoms with Crippen molar-refractivity contribution in [2.45, 2.75) is 38.5 Å². The molecule has 0 saturated carbocycles. The summed E-state index contributed by atoms with van der Waals surface area (Å²) in [6, 6.07) is 6.98. The van der Waals surface area contributed by atoms with Crippen LogP contribution in [0.2, 0.25) is 0 Å². The number of carbonyl (C=O) groups excluding carboxylic acids is 3. The first-order valence-electron chi connectivity index (χ1n) is 8.38. The fourth-order valence-corrected chi connectivity index (χ4v) is 2.73. The number of nitrogens with one attached hydrogen (secondary N) is 2. The van der Waals surface area contributed by atoms with Gasteiger partial charge in [0.25, 0.3) is 5.91 Å². The normalized spacial score (nSPS) is 16.6. The molecule has 1 aromatic carbocycles. The summed E-state index contributed by atoms with van der Waals surface area (Å²) in [6.45, 7) is 0.505. The van der Waals surface area contributed by atoms with E-state index < -0.39 is 5.97 Å². The minimum absolute atomic E-state index is 0.153. The maximum atomic E-state index is 12.0. The molecule has 1 saturated heterocycles. The van der Waals surface area contributed by atoms with Crippen LogP contribution in [-0.2, 0) is 20.8 Å². The molecule has 1 atom stereocenters. The number of hydrogen-bond donors (Lipinski definition) is 3. The van der Waals surface area contributed by atoms with E-state index >= 15 is 0 Å². The number of amides is 3. The highest BCUT2D eigenvalue weighted by atomic mass is 16.4. The Kier molecular flexibility index (Phi) is 6.68. The molecular formula is C18H22N2O5. The predicted octanol–water partition coefficient (Wildman–Crippen LogP) is 1.27. The first-order chi connectivity index (χ1) is 12.0. The van der Waals surface area contributed by atoms with E-state index in [4.69, 9.17) is 5.11 Å². The highest BCUT2D eigenvalue weighted by Gasteiger charge is 2.30. The number of hydrogen-bond acceptors (Lipinski definition) is 4. The van der Waals surface area contributed by atoms with Crippen LogP contribution < -0.4 is 10.6 Å². The number of carboxylic acid groups (broad SMARTS) is 1. The van der Waals surface area contributed by atoms with Gasteiger partial charge in [-0.05, 0) is 37.0 Å². The van der Waals surface area contributed by atoms with Gasteiger partial charge in [0.2, 0.25) is 11.8 Å². The second-order valence-electron chi connectivity index (χ2n) is 6.17. The standard InChI is InChI=1S/C18H22N2O5/c21-15-11-14(18(25)20-15)10-12-5-7-13(8-6-12)17(24)19-9-3-1-2-4-16(22)23/h5-8,14H,1-4,9-11H2,(H,19,24)(H,22,23)(H,20,21,25). The van der Waals surface area contributed by atoms with E-state index in [1.54, 1.807) is 24.3 Å². The number of imide groups is 1. The molecule has 0 radical (unpaired) electrons. The van der Waals surface area contributed by atoms with Gasteiger partial charge in [-0.1, -0.05) is 18.6 Å². The number of carbonyl (C=O) groups is 4. The number of unbranched alkanes of at least 4 members (excludes halogenated alkanes) is 2. The van der Waals surface area contributed by atoms with E-state index in [1.807, 2.05) is 0 Å². The molecular weight excluding hydrogens is 324 g/mol. The zero-order valence-electron chi connectivity index (χ0n) is 13.9. The second-order valence-corrected chi connectivity index (χ2v) is 6.17. The zero-order valence-corrected chi connectivity index (χ0v) is 13.9. The van der Waals surface area contributed by atoms with Gasteiger partial charge in [0.05, 0.1) is 5.92 Å². The molecule has 3 amide bonds. The van der Waals surface area contributed by atoms with E-state index in [2.05, 4.69) is 10.6 Å². The fraction of sp³-hybridized carbons (Fsp3) is 0.444. The first kappa shape index (κ1) is 18.6. The van der Waals surface area contributed by atoms with Crippen LogP contribution >= 0.6 is 0 Å². The van der Waals surface area contributed by atoms with E-state index in [-0.39, 0.29) is 36.5 Å². The number of carboxylic acids is 1. The van der Waals surface area contributed by atoms with E-state index in [1.165, 1.54) is 0 Å². The molecule has 2 rings (SSSR count). The third-order valence-electron chi connectivity index (χ3n) is 4.12. The Morgan fingerprint density at radius 1 is 1.12 bits per heavy atom. The van der Waals surface area contributed by atoms with Gasteiger partial charge < -0.3 is 10.4 Å². The molecule has 1 aliphatic heterocycles. The highest BCUT2D eigenvalue weighted by molar-refractivity contribution is 6.03. The van der Waals surface area contributed by atoms with Gasteiger partial charge in [-0.3, -0.25) is 24.5 Å². The van der Waals surface area contributed by atoms with Gasteiger partial charge in [0.15, 0.2) is 0 Å². The van der Waals surface area contributed by atoms with Gasteiger partial charge >= 0.3 is 5.97 Å². The monoisotopic (exact) mass is 346 g/mol. The maximum absolute atomic E-state index is 12.0. The summed E-state index contributed by atoms with van der Waals surface area (Å²) in [7, 11) is 0. The Morgan fingerprint density at radius 2 is 1.84 bits per heavy atom.